The Labute approximate surface area is 158 Å². The molecule has 0 saturated carbocycles. The third-order valence-electron chi connectivity index (χ3n) is 4.80. The first-order valence-corrected chi connectivity index (χ1v) is 8.90. The van der Waals surface area contributed by atoms with E-state index < -0.39 is 5.97 Å². The number of fused-ring (bicyclic) bond motifs is 1. The van der Waals surface area contributed by atoms with Gasteiger partial charge < -0.3 is 14.9 Å². The summed E-state index contributed by atoms with van der Waals surface area (Å²) in [5.74, 6) is -1.30. The van der Waals surface area contributed by atoms with Crippen LogP contribution in [0.25, 0.3) is 0 Å². The molecule has 2 amide bonds. The average molecular weight is 366 g/mol. The Balaban J connectivity index is 1.79. The molecule has 2 aromatic rings. The standard InChI is InChI=1S/C21H22N2O4/c1-22-18-9-7-17(13-16(18)8-10-19(22)24)21(27)23(14-20(25)26)12-11-15-5-3-2-4-6-15/h2-7,9,13H,8,10-12,14H2,1H3,(H,25,26). The highest BCUT2D eigenvalue weighted by Crippen LogP contribution is 2.28. The van der Waals surface area contributed by atoms with E-state index in [4.69, 9.17) is 0 Å². The predicted molar refractivity (Wildman–Crippen MR) is 102 cm³/mol. The van der Waals surface area contributed by atoms with Crippen molar-refractivity contribution < 1.29 is 19.5 Å². The molecule has 3 rings (SSSR count). The maximum absolute atomic E-state index is 12.9. The number of aryl methyl sites for hydroxylation is 1. The van der Waals surface area contributed by atoms with Gasteiger partial charge in [-0.1, -0.05) is 30.3 Å². The van der Waals surface area contributed by atoms with E-state index in [1.165, 1.54) is 4.90 Å². The molecule has 2 aromatic carbocycles. The van der Waals surface area contributed by atoms with Crippen LogP contribution in [0, 0.1) is 0 Å². The molecule has 0 atom stereocenters. The number of amides is 2. The highest BCUT2D eigenvalue weighted by Gasteiger charge is 2.24. The van der Waals surface area contributed by atoms with Gasteiger partial charge in [-0.15, -0.1) is 0 Å². The van der Waals surface area contributed by atoms with Gasteiger partial charge in [0.25, 0.3) is 5.91 Å². The number of carboxylic acids is 1. The molecule has 0 radical (unpaired) electrons. The van der Waals surface area contributed by atoms with Crippen LogP contribution in [0.15, 0.2) is 48.5 Å². The first kappa shape index (κ1) is 18.6. The third-order valence-corrected chi connectivity index (χ3v) is 4.80. The molecule has 0 saturated heterocycles. The fraction of sp³-hybridized carbons (Fsp3) is 0.286. The Hall–Kier alpha value is -3.15. The smallest absolute Gasteiger partial charge is 0.323 e. The Morgan fingerprint density at radius 1 is 1.11 bits per heavy atom. The summed E-state index contributed by atoms with van der Waals surface area (Å²) in [5.41, 5.74) is 3.23. The lowest BCUT2D eigenvalue weighted by molar-refractivity contribution is -0.137. The molecular weight excluding hydrogens is 344 g/mol. The van der Waals surface area contributed by atoms with Crippen LogP contribution in [-0.2, 0) is 22.4 Å². The van der Waals surface area contributed by atoms with Crippen molar-refractivity contribution in [2.75, 3.05) is 25.0 Å². The minimum absolute atomic E-state index is 0.0527. The van der Waals surface area contributed by atoms with E-state index in [0.717, 1.165) is 16.8 Å². The topological polar surface area (TPSA) is 77.9 Å². The van der Waals surface area contributed by atoms with Crippen molar-refractivity contribution in [3.05, 3.63) is 65.2 Å². The molecule has 0 fully saturated rings. The van der Waals surface area contributed by atoms with Gasteiger partial charge in [-0.3, -0.25) is 14.4 Å². The van der Waals surface area contributed by atoms with E-state index in [9.17, 15) is 19.5 Å². The van der Waals surface area contributed by atoms with Crippen LogP contribution in [-0.4, -0.2) is 47.9 Å². The molecule has 0 unspecified atom stereocenters. The number of carboxylic acid groups (broad SMARTS) is 1. The molecule has 0 aliphatic carbocycles. The van der Waals surface area contributed by atoms with E-state index >= 15 is 0 Å². The van der Waals surface area contributed by atoms with Crippen molar-refractivity contribution in [1.82, 2.24) is 4.90 Å². The van der Waals surface area contributed by atoms with Crippen molar-refractivity contribution in [2.24, 2.45) is 0 Å². The monoisotopic (exact) mass is 366 g/mol. The minimum atomic E-state index is -1.04. The maximum Gasteiger partial charge on any atom is 0.323 e. The van der Waals surface area contributed by atoms with Gasteiger partial charge in [0.15, 0.2) is 0 Å². The number of benzene rings is 2. The molecule has 27 heavy (non-hydrogen) atoms. The van der Waals surface area contributed by atoms with Gasteiger partial charge in [0, 0.05) is 31.3 Å². The Morgan fingerprint density at radius 2 is 1.85 bits per heavy atom. The lowest BCUT2D eigenvalue weighted by Crippen LogP contribution is -2.37. The summed E-state index contributed by atoms with van der Waals surface area (Å²) in [5, 5.41) is 9.19. The van der Waals surface area contributed by atoms with Gasteiger partial charge in [0.2, 0.25) is 5.91 Å². The van der Waals surface area contributed by atoms with Crippen LogP contribution >= 0.6 is 0 Å². The highest BCUT2D eigenvalue weighted by atomic mass is 16.4. The first-order valence-electron chi connectivity index (χ1n) is 8.90. The lowest BCUT2D eigenvalue weighted by atomic mass is 9.98. The Bertz CT molecular complexity index is 864. The van der Waals surface area contributed by atoms with Crippen LogP contribution < -0.4 is 4.90 Å². The number of hydrogen-bond acceptors (Lipinski definition) is 3. The molecular formula is C21H22N2O4. The SMILES string of the molecule is CN1C(=O)CCc2cc(C(=O)N(CCc3ccccc3)CC(=O)O)ccc21. The molecule has 1 aliphatic heterocycles. The third kappa shape index (κ3) is 4.34. The van der Waals surface area contributed by atoms with Gasteiger partial charge in [0.1, 0.15) is 6.54 Å². The number of rotatable bonds is 6. The van der Waals surface area contributed by atoms with Crippen LogP contribution in [0.3, 0.4) is 0 Å². The van der Waals surface area contributed by atoms with Gasteiger partial charge in [-0.25, -0.2) is 0 Å². The summed E-state index contributed by atoms with van der Waals surface area (Å²) < 4.78 is 0. The number of carbonyl (C=O) groups is 3. The van der Waals surface area contributed by atoms with Gasteiger partial charge in [-0.05, 0) is 42.2 Å². The van der Waals surface area contributed by atoms with E-state index in [2.05, 4.69) is 0 Å². The Morgan fingerprint density at radius 3 is 2.56 bits per heavy atom. The molecule has 140 valence electrons. The van der Waals surface area contributed by atoms with E-state index in [1.807, 2.05) is 30.3 Å². The number of carbonyl (C=O) groups excluding carboxylic acids is 2. The zero-order valence-corrected chi connectivity index (χ0v) is 15.2. The quantitative estimate of drug-likeness (QED) is 0.851. The molecule has 0 aromatic heterocycles. The van der Waals surface area contributed by atoms with Crippen LogP contribution in [0.1, 0.15) is 27.9 Å². The Kier molecular flexibility index (Phi) is 5.54. The summed E-state index contributed by atoms with van der Waals surface area (Å²) in [4.78, 5) is 38.9. The molecule has 6 nitrogen and oxygen atoms in total. The molecule has 1 N–H and O–H groups in total. The van der Waals surface area contributed by atoms with Crippen molar-refractivity contribution in [3.63, 3.8) is 0 Å². The normalized spacial score (nSPS) is 13.2. The maximum atomic E-state index is 12.9. The van der Waals surface area contributed by atoms with Crippen LogP contribution in [0.2, 0.25) is 0 Å². The van der Waals surface area contributed by atoms with E-state index in [1.54, 1.807) is 30.1 Å². The molecule has 6 heteroatoms. The van der Waals surface area contributed by atoms with E-state index in [-0.39, 0.29) is 18.4 Å². The largest absolute Gasteiger partial charge is 0.480 e. The summed E-state index contributed by atoms with van der Waals surface area (Å²) in [7, 11) is 1.72. The second kappa shape index (κ2) is 8.03. The molecule has 0 spiro atoms. The number of aliphatic carboxylic acids is 1. The number of hydrogen-bond donors (Lipinski definition) is 1. The van der Waals surface area contributed by atoms with Crippen molar-refractivity contribution >= 4 is 23.5 Å². The molecule has 1 aliphatic rings. The number of nitrogens with zero attached hydrogens (tertiary/aromatic N) is 2. The van der Waals surface area contributed by atoms with Crippen LogP contribution in [0.4, 0.5) is 5.69 Å². The summed E-state index contributed by atoms with van der Waals surface area (Å²) in [6.07, 6.45) is 1.58. The zero-order chi connectivity index (χ0) is 19.4. The summed E-state index contributed by atoms with van der Waals surface area (Å²) >= 11 is 0. The van der Waals surface area contributed by atoms with Crippen LogP contribution in [0.5, 0.6) is 0 Å². The van der Waals surface area contributed by atoms with Crippen molar-refractivity contribution in [1.29, 1.82) is 0 Å². The average Bonchev–Trinajstić information content (AvgIpc) is 2.68. The second-order valence-electron chi connectivity index (χ2n) is 6.65. The highest BCUT2D eigenvalue weighted by molar-refractivity contribution is 5.99. The number of anilines is 1. The van der Waals surface area contributed by atoms with Crippen molar-refractivity contribution in [2.45, 2.75) is 19.3 Å². The second-order valence-corrected chi connectivity index (χ2v) is 6.65. The fourth-order valence-corrected chi connectivity index (χ4v) is 3.30. The summed E-state index contributed by atoms with van der Waals surface area (Å²) in [6.45, 7) is -0.0221. The molecule has 1 heterocycles. The van der Waals surface area contributed by atoms with Crippen molar-refractivity contribution in [3.8, 4) is 0 Å². The van der Waals surface area contributed by atoms with Gasteiger partial charge in [0.05, 0.1) is 0 Å². The van der Waals surface area contributed by atoms with Gasteiger partial charge >= 0.3 is 5.97 Å². The molecule has 0 bridgehead atoms. The van der Waals surface area contributed by atoms with Gasteiger partial charge in [-0.2, -0.15) is 0 Å². The summed E-state index contributed by atoms with van der Waals surface area (Å²) in [6, 6.07) is 14.9. The first-order chi connectivity index (χ1) is 13.0. The minimum Gasteiger partial charge on any atom is -0.480 e. The van der Waals surface area contributed by atoms with E-state index in [0.29, 0.717) is 31.4 Å². The fourth-order valence-electron chi connectivity index (χ4n) is 3.30. The predicted octanol–water partition coefficient (Wildman–Crippen LogP) is 2.37. The lowest BCUT2D eigenvalue weighted by Gasteiger charge is -2.27. The zero-order valence-electron chi connectivity index (χ0n) is 15.2.